The SMILES string of the molecule is O=c1cc[nH]c2cc(CCc3ccccc3)ccc12. The van der Waals surface area contributed by atoms with Crippen LogP contribution in [0.15, 0.2) is 65.6 Å². The largest absolute Gasteiger partial charge is 0.361 e. The lowest BCUT2D eigenvalue weighted by atomic mass is 10.0. The smallest absolute Gasteiger partial charge is 0.189 e. The van der Waals surface area contributed by atoms with Crippen LogP contribution in [0.4, 0.5) is 0 Å². The molecule has 0 saturated heterocycles. The van der Waals surface area contributed by atoms with Crippen molar-refractivity contribution in [2.24, 2.45) is 0 Å². The Morgan fingerprint density at radius 3 is 2.47 bits per heavy atom. The minimum absolute atomic E-state index is 0.0726. The molecule has 2 aromatic carbocycles. The first-order valence-corrected chi connectivity index (χ1v) is 6.47. The van der Waals surface area contributed by atoms with Gasteiger partial charge in [0.25, 0.3) is 0 Å². The molecule has 1 N–H and O–H groups in total. The lowest BCUT2D eigenvalue weighted by molar-refractivity contribution is 0.961. The van der Waals surface area contributed by atoms with E-state index in [-0.39, 0.29) is 5.43 Å². The molecule has 0 aliphatic rings. The Labute approximate surface area is 111 Å². The van der Waals surface area contributed by atoms with Crippen molar-refractivity contribution >= 4 is 10.9 Å². The van der Waals surface area contributed by atoms with E-state index in [4.69, 9.17) is 0 Å². The van der Waals surface area contributed by atoms with Crippen LogP contribution in [0.25, 0.3) is 10.9 Å². The number of aromatic amines is 1. The second-order valence-electron chi connectivity index (χ2n) is 4.71. The van der Waals surface area contributed by atoms with Crippen LogP contribution < -0.4 is 5.43 Å². The molecule has 94 valence electrons. The third-order valence-electron chi connectivity index (χ3n) is 3.37. The lowest BCUT2D eigenvalue weighted by Crippen LogP contribution is -2.00. The van der Waals surface area contributed by atoms with Crippen LogP contribution in [0.5, 0.6) is 0 Å². The third-order valence-corrected chi connectivity index (χ3v) is 3.37. The molecule has 0 radical (unpaired) electrons. The molecule has 0 fully saturated rings. The van der Waals surface area contributed by atoms with Gasteiger partial charge in [-0.15, -0.1) is 0 Å². The van der Waals surface area contributed by atoms with E-state index in [1.54, 1.807) is 12.3 Å². The number of aromatic nitrogens is 1. The highest BCUT2D eigenvalue weighted by molar-refractivity contribution is 5.78. The molecule has 1 aromatic heterocycles. The quantitative estimate of drug-likeness (QED) is 0.759. The van der Waals surface area contributed by atoms with Crippen molar-refractivity contribution in [3.05, 3.63) is 82.1 Å². The van der Waals surface area contributed by atoms with Crippen LogP contribution in [-0.4, -0.2) is 4.98 Å². The minimum Gasteiger partial charge on any atom is -0.361 e. The molecule has 1 heterocycles. The summed E-state index contributed by atoms with van der Waals surface area (Å²) in [6.07, 6.45) is 3.70. The molecule has 0 atom stereocenters. The summed E-state index contributed by atoms with van der Waals surface area (Å²) < 4.78 is 0. The highest BCUT2D eigenvalue weighted by Gasteiger charge is 2.00. The number of aryl methyl sites for hydroxylation is 2. The number of hydrogen-bond donors (Lipinski definition) is 1. The molecule has 0 unspecified atom stereocenters. The summed E-state index contributed by atoms with van der Waals surface area (Å²) in [5, 5.41) is 0.756. The molecule has 0 spiro atoms. The Morgan fingerprint density at radius 2 is 1.63 bits per heavy atom. The average Bonchev–Trinajstić information content (AvgIpc) is 2.46. The van der Waals surface area contributed by atoms with Gasteiger partial charge in [-0.3, -0.25) is 4.79 Å². The average molecular weight is 249 g/mol. The second-order valence-corrected chi connectivity index (χ2v) is 4.71. The highest BCUT2D eigenvalue weighted by Crippen LogP contribution is 2.12. The normalized spacial score (nSPS) is 10.7. The lowest BCUT2D eigenvalue weighted by Gasteiger charge is -2.04. The van der Waals surface area contributed by atoms with Crippen LogP contribution in [0.3, 0.4) is 0 Å². The maximum atomic E-state index is 11.6. The van der Waals surface area contributed by atoms with Crippen molar-refractivity contribution in [1.29, 1.82) is 0 Å². The van der Waals surface area contributed by atoms with Crippen molar-refractivity contribution in [3.63, 3.8) is 0 Å². The fourth-order valence-electron chi connectivity index (χ4n) is 2.31. The molecule has 3 aromatic rings. The fraction of sp³-hybridized carbons (Fsp3) is 0.118. The van der Waals surface area contributed by atoms with E-state index >= 15 is 0 Å². The van der Waals surface area contributed by atoms with Crippen LogP contribution in [0.2, 0.25) is 0 Å². The van der Waals surface area contributed by atoms with Crippen molar-refractivity contribution in [1.82, 2.24) is 4.98 Å². The molecule has 0 bridgehead atoms. The van der Waals surface area contributed by atoms with E-state index in [9.17, 15) is 4.79 Å². The van der Waals surface area contributed by atoms with Gasteiger partial charge in [0, 0.05) is 23.2 Å². The molecule has 3 rings (SSSR count). The Balaban J connectivity index is 1.84. The summed E-state index contributed by atoms with van der Waals surface area (Å²) in [6, 6.07) is 18.0. The zero-order valence-electron chi connectivity index (χ0n) is 10.6. The van der Waals surface area contributed by atoms with Gasteiger partial charge in [0.2, 0.25) is 0 Å². The van der Waals surface area contributed by atoms with E-state index in [0.717, 1.165) is 23.7 Å². The molecule has 0 aliphatic heterocycles. The number of hydrogen-bond acceptors (Lipinski definition) is 1. The summed E-state index contributed by atoms with van der Waals surface area (Å²) in [5.41, 5.74) is 3.57. The van der Waals surface area contributed by atoms with E-state index in [1.807, 2.05) is 18.2 Å². The topological polar surface area (TPSA) is 32.9 Å². The summed E-state index contributed by atoms with van der Waals surface area (Å²) in [4.78, 5) is 14.8. The minimum atomic E-state index is 0.0726. The first-order chi connectivity index (χ1) is 9.33. The number of H-pyrrole nitrogens is 1. The Hall–Kier alpha value is -2.35. The molecular weight excluding hydrogens is 234 g/mol. The molecule has 0 saturated carbocycles. The predicted molar refractivity (Wildman–Crippen MR) is 78.4 cm³/mol. The zero-order chi connectivity index (χ0) is 13.1. The van der Waals surface area contributed by atoms with Crippen molar-refractivity contribution in [2.45, 2.75) is 12.8 Å². The van der Waals surface area contributed by atoms with Crippen LogP contribution in [0, 0.1) is 0 Å². The van der Waals surface area contributed by atoms with Crippen molar-refractivity contribution < 1.29 is 0 Å². The highest BCUT2D eigenvalue weighted by atomic mass is 16.1. The van der Waals surface area contributed by atoms with Crippen LogP contribution >= 0.6 is 0 Å². The molecule has 19 heavy (non-hydrogen) atoms. The molecular formula is C17H15NO. The first kappa shape index (κ1) is 11.7. The van der Waals surface area contributed by atoms with Gasteiger partial charge in [0.05, 0.1) is 0 Å². The number of benzene rings is 2. The van der Waals surface area contributed by atoms with Gasteiger partial charge < -0.3 is 4.98 Å². The summed E-state index contributed by atoms with van der Waals surface area (Å²) in [6.45, 7) is 0. The van der Waals surface area contributed by atoms with Gasteiger partial charge in [-0.2, -0.15) is 0 Å². The van der Waals surface area contributed by atoms with Gasteiger partial charge in [0.15, 0.2) is 5.43 Å². The third kappa shape index (κ3) is 2.58. The van der Waals surface area contributed by atoms with Crippen molar-refractivity contribution in [2.75, 3.05) is 0 Å². The number of fused-ring (bicyclic) bond motifs is 1. The maximum Gasteiger partial charge on any atom is 0.189 e. The summed E-state index contributed by atoms with van der Waals surface area (Å²) in [5.74, 6) is 0. The Bertz CT molecular complexity index is 744. The van der Waals surface area contributed by atoms with Gasteiger partial charge in [-0.05, 0) is 36.1 Å². The van der Waals surface area contributed by atoms with E-state index in [1.165, 1.54) is 11.1 Å². The van der Waals surface area contributed by atoms with E-state index in [2.05, 4.69) is 35.3 Å². The van der Waals surface area contributed by atoms with Gasteiger partial charge in [-0.1, -0.05) is 36.4 Å². The molecule has 2 nitrogen and oxygen atoms in total. The molecule has 2 heteroatoms. The molecule has 0 amide bonds. The Morgan fingerprint density at radius 1 is 0.842 bits per heavy atom. The number of rotatable bonds is 3. The standard InChI is InChI=1S/C17H15NO/c19-17-10-11-18-16-12-14(8-9-15(16)17)7-6-13-4-2-1-3-5-13/h1-5,8-12H,6-7H2,(H,18,19). The summed E-state index contributed by atoms with van der Waals surface area (Å²) in [7, 11) is 0. The number of pyridine rings is 1. The zero-order valence-corrected chi connectivity index (χ0v) is 10.6. The van der Waals surface area contributed by atoms with Crippen LogP contribution in [0.1, 0.15) is 11.1 Å². The number of nitrogens with one attached hydrogen (secondary N) is 1. The van der Waals surface area contributed by atoms with Gasteiger partial charge in [-0.25, -0.2) is 0 Å². The maximum absolute atomic E-state index is 11.6. The molecule has 0 aliphatic carbocycles. The van der Waals surface area contributed by atoms with E-state index in [0.29, 0.717) is 0 Å². The van der Waals surface area contributed by atoms with Gasteiger partial charge in [0.1, 0.15) is 0 Å². The van der Waals surface area contributed by atoms with Gasteiger partial charge >= 0.3 is 0 Å². The van der Waals surface area contributed by atoms with Crippen LogP contribution in [-0.2, 0) is 12.8 Å². The Kier molecular flexibility index (Phi) is 3.15. The summed E-state index contributed by atoms with van der Waals surface area (Å²) >= 11 is 0. The fourth-order valence-corrected chi connectivity index (χ4v) is 2.31. The van der Waals surface area contributed by atoms with Crippen molar-refractivity contribution in [3.8, 4) is 0 Å². The first-order valence-electron chi connectivity index (χ1n) is 6.47. The van der Waals surface area contributed by atoms with E-state index < -0.39 is 0 Å². The monoisotopic (exact) mass is 249 g/mol. The second kappa shape index (κ2) is 5.11. The predicted octanol–water partition coefficient (Wildman–Crippen LogP) is 3.31.